The van der Waals surface area contributed by atoms with Crippen molar-refractivity contribution in [3.8, 4) is 23.0 Å². The number of hydrogen-bond acceptors (Lipinski definition) is 11. The second-order valence-corrected chi connectivity index (χ2v) is 10.4. The van der Waals surface area contributed by atoms with E-state index in [4.69, 9.17) is 35.3 Å². The first kappa shape index (κ1) is 29.2. The maximum atomic E-state index is 14.0. The van der Waals surface area contributed by atoms with Gasteiger partial charge < -0.3 is 28.4 Å². The number of allylic oxidation sites excluding steroid dienone is 1. The Hall–Kier alpha value is -4.29. The summed E-state index contributed by atoms with van der Waals surface area (Å²) in [5, 5.41) is 0.383. The molecule has 0 bridgehead atoms. The van der Waals surface area contributed by atoms with Crippen LogP contribution in [-0.4, -0.2) is 50.2 Å². The molecule has 5 rings (SSSR count). The summed E-state index contributed by atoms with van der Waals surface area (Å²) in [5.41, 5.74) is 1.36. The molecule has 0 radical (unpaired) electrons. The van der Waals surface area contributed by atoms with Gasteiger partial charge in [-0.05, 0) is 56.2 Å². The van der Waals surface area contributed by atoms with Crippen LogP contribution < -0.4 is 33.8 Å². The molecule has 0 saturated carbocycles. The predicted octanol–water partition coefficient (Wildman–Crippen LogP) is 3.13. The highest BCUT2D eigenvalue weighted by molar-refractivity contribution is 7.07. The second kappa shape index (κ2) is 12.3. The summed E-state index contributed by atoms with van der Waals surface area (Å²) in [6.07, 6.45) is 1.66. The Morgan fingerprint density at radius 2 is 1.88 bits per heavy atom. The molecule has 220 valence electrons. The van der Waals surface area contributed by atoms with E-state index in [1.807, 2.05) is 0 Å². The summed E-state index contributed by atoms with van der Waals surface area (Å²) in [5.74, 6) is 0.521. The molecule has 0 amide bonds. The third-order valence-electron chi connectivity index (χ3n) is 6.45. The molecule has 3 heterocycles. The van der Waals surface area contributed by atoms with E-state index in [2.05, 4.69) is 9.73 Å². The maximum Gasteiger partial charge on any atom is 0.343 e. The van der Waals surface area contributed by atoms with Crippen LogP contribution in [0.15, 0.2) is 51.4 Å². The predicted molar refractivity (Wildman–Crippen MR) is 153 cm³/mol. The molecule has 0 unspecified atom stereocenters. The zero-order valence-electron chi connectivity index (χ0n) is 23.2. The lowest BCUT2D eigenvalue weighted by molar-refractivity contribution is -0.143. The molecule has 2 aliphatic heterocycles. The fraction of sp³-hybridized carbons (Fsp3) is 0.310. The van der Waals surface area contributed by atoms with Gasteiger partial charge in [0.15, 0.2) is 34.4 Å². The summed E-state index contributed by atoms with van der Waals surface area (Å²) < 4.78 is 34.1. The lowest BCUT2D eigenvalue weighted by Crippen LogP contribution is -2.40. The molecule has 3 aromatic rings. The molecule has 0 fully saturated rings. The maximum absolute atomic E-state index is 14.0. The highest BCUT2D eigenvalue weighted by Crippen LogP contribution is 2.38. The van der Waals surface area contributed by atoms with Gasteiger partial charge in [-0.1, -0.05) is 29.0 Å². The van der Waals surface area contributed by atoms with Crippen LogP contribution in [0.1, 0.15) is 37.9 Å². The summed E-state index contributed by atoms with van der Waals surface area (Å²) >= 11 is 7.65. The van der Waals surface area contributed by atoms with Crippen molar-refractivity contribution < 1.29 is 38.0 Å². The first-order chi connectivity index (χ1) is 20.2. The molecule has 2 aromatic carbocycles. The van der Waals surface area contributed by atoms with E-state index < -0.39 is 18.0 Å². The van der Waals surface area contributed by atoms with Gasteiger partial charge in [0.25, 0.3) is 5.56 Å². The van der Waals surface area contributed by atoms with Gasteiger partial charge in [0.1, 0.15) is 0 Å². The zero-order chi connectivity index (χ0) is 30.0. The van der Waals surface area contributed by atoms with Gasteiger partial charge in [-0.3, -0.25) is 9.36 Å². The fourth-order valence-corrected chi connectivity index (χ4v) is 5.82. The minimum Gasteiger partial charge on any atom is -0.490 e. The summed E-state index contributed by atoms with van der Waals surface area (Å²) in [7, 11) is 1.26. The van der Waals surface area contributed by atoms with Gasteiger partial charge in [-0.15, -0.1) is 0 Å². The van der Waals surface area contributed by atoms with Crippen molar-refractivity contribution >= 4 is 41.0 Å². The number of carbonyl (C=O) groups is 2. The second-order valence-electron chi connectivity index (χ2n) is 9.03. The van der Waals surface area contributed by atoms with E-state index in [9.17, 15) is 14.4 Å². The minimum atomic E-state index is -0.886. The van der Waals surface area contributed by atoms with E-state index in [-0.39, 0.29) is 31.1 Å². The molecule has 1 aromatic heterocycles. The number of rotatable bonds is 9. The van der Waals surface area contributed by atoms with Gasteiger partial charge in [-0.25, -0.2) is 14.6 Å². The van der Waals surface area contributed by atoms with E-state index in [1.165, 1.54) is 11.7 Å². The fourth-order valence-electron chi connectivity index (χ4n) is 4.57. The van der Waals surface area contributed by atoms with Crippen molar-refractivity contribution in [1.82, 2.24) is 4.57 Å². The van der Waals surface area contributed by atoms with E-state index in [0.29, 0.717) is 60.8 Å². The largest absolute Gasteiger partial charge is 0.490 e. The number of benzene rings is 2. The molecule has 0 aliphatic carbocycles. The lowest BCUT2D eigenvalue weighted by Gasteiger charge is -2.25. The third kappa shape index (κ3) is 5.59. The molecular weight excluding hydrogens is 588 g/mol. The molecule has 2 aliphatic rings. The van der Waals surface area contributed by atoms with Crippen molar-refractivity contribution in [2.75, 3.05) is 33.7 Å². The molecule has 42 heavy (non-hydrogen) atoms. The van der Waals surface area contributed by atoms with E-state index >= 15 is 0 Å². The molecule has 11 nitrogen and oxygen atoms in total. The third-order valence-corrected chi connectivity index (χ3v) is 7.76. The van der Waals surface area contributed by atoms with Gasteiger partial charge in [0, 0.05) is 6.07 Å². The number of hydrogen-bond donors (Lipinski definition) is 0. The normalized spacial score (nSPS) is 15.6. The first-order valence-electron chi connectivity index (χ1n) is 13.0. The average Bonchev–Trinajstić information content (AvgIpc) is 3.54. The van der Waals surface area contributed by atoms with E-state index in [0.717, 1.165) is 11.3 Å². The molecular formula is C29H27ClN2O9S. The number of aromatic nitrogens is 1. The Kier molecular flexibility index (Phi) is 8.55. The van der Waals surface area contributed by atoms with Gasteiger partial charge in [0.05, 0.1) is 47.2 Å². The Balaban J connectivity index is 1.66. The summed E-state index contributed by atoms with van der Waals surface area (Å²) in [6, 6.07) is 7.44. The van der Waals surface area contributed by atoms with Crippen molar-refractivity contribution in [2.24, 2.45) is 4.99 Å². The van der Waals surface area contributed by atoms with Crippen molar-refractivity contribution in [1.29, 1.82) is 0 Å². The highest BCUT2D eigenvalue weighted by atomic mass is 35.5. The first-order valence-corrected chi connectivity index (χ1v) is 14.2. The van der Waals surface area contributed by atoms with Crippen molar-refractivity contribution in [3.05, 3.63) is 77.4 Å². The van der Waals surface area contributed by atoms with Crippen LogP contribution >= 0.6 is 22.9 Å². The summed E-state index contributed by atoms with van der Waals surface area (Å²) in [4.78, 5) is 43.9. The number of esters is 2. The average molecular weight is 615 g/mol. The van der Waals surface area contributed by atoms with Crippen LogP contribution in [0.4, 0.5) is 0 Å². The number of fused-ring (bicyclic) bond motifs is 2. The van der Waals surface area contributed by atoms with Crippen LogP contribution in [0.3, 0.4) is 0 Å². The van der Waals surface area contributed by atoms with Gasteiger partial charge in [-0.2, -0.15) is 0 Å². The number of nitrogens with zero attached hydrogens (tertiary/aromatic N) is 2. The molecule has 1 atom stereocenters. The number of ether oxygens (including phenoxy) is 6. The molecule has 0 spiro atoms. The topological polar surface area (TPSA) is 124 Å². The Bertz CT molecular complexity index is 1780. The van der Waals surface area contributed by atoms with Crippen LogP contribution in [0, 0.1) is 0 Å². The molecule has 13 heteroatoms. The zero-order valence-corrected chi connectivity index (χ0v) is 24.8. The van der Waals surface area contributed by atoms with Crippen LogP contribution in [0.2, 0.25) is 5.02 Å². The molecule has 0 saturated heterocycles. The number of thiazole rings is 1. The smallest absolute Gasteiger partial charge is 0.343 e. The van der Waals surface area contributed by atoms with Crippen LogP contribution in [0.25, 0.3) is 6.08 Å². The monoisotopic (exact) mass is 614 g/mol. The van der Waals surface area contributed by atoms with Crippen LogP contribution in [0.5, 0.6) is 23.0 Å². The summed E-state index contributed by atoms with van der Waals surface area (Å²) in [6.45, 7) is 5.41. The molecule has 0 N–H and O–H groups in total. The lowest BCUT2D eigenvalue weighted by atomic mass is 9.95. The SMILES string of the molecule is CCOC(=O)C1=C(C)N=c2s/c(=C/c3cc4c(cc3Cl)OCO4)c(=O)n2[C@@H]1c1ccc(OCC(=O)OC)c(OCC)c1. The standard InChI is InChI=1S/C29H27ClN2O9S/c1-5-37-20-9-16(7-8-19(20)39-13-24(33)36-4)26-25(28(35)38-6-2)15(3)31-29-32(26)27(34)23(42-29)11-17-10-21-22(12-18(17)30)41-14-40-21/h7-12,26H,5-6,13-14H2,1-4H3/b23-11+/t26-/m1/s1. The van der Waals surface area contributed by atoms with Crippen molar-refractivity contribution in [2.45, 2.75) is 26.8 Å². The van der Waals surface area contributed by atoms with Crippen molar-refractivity contribution in [3.63, 3.8) is 0 Å². The van der Waals surface area contributed by atoms with Crippen LogP contribution in [-0.2, 0) is 19.1 Å². The van der Waals surface area contributed by atoms with E-state index in [1.54, 1.807) is 57.2 Å². The van der Waals surface area contributed by atoms with Gasteiger partial charge >= 0.3 is 11.9 Å². The number of methoxy groups -OCH3 is 1. The Labute approximate surface area is 249 Å². The Morgan fingerprint density at radius 3 is 2.60 bits per heavy atom. The number of halogens is 1. The highest BCUT2D eigenvalue weighted by Gasteiger charge is 2.34. The minimum absolute atomic E-state index is 0.0868. The Morgan fingerprint density at radius 1 is 1.12 bits per heavy atom. The quantitative estimate of drug-likeness (QED) is 0.334. The number of carbonyl (C=O) groups excluding carboxylic acids is 2. The van der Waals surface area contributed by atoms with Gasteiger partial charge in [0.2, 0.25) is 6.79 Å².